The van der Waals surface area contributed by atoms with Gasteiger partial charge in [-0.15, -0.1) is 0 Å². The number of non-ortho nitro benzene ring substituents is 1. The van der Waals surface area contributed by atoms with Crippen LogP contribution in [0.1, 0.15) is 18.1 Å². The molecule has 0 unspecified atom stereocenters. The minimum Gasteiger partial charge on any atom is -0.258 e. The zero-order chi connectivity index (χ0) is 11.0. The third-order valence-electron chi connectivity index (χ3n) is 2.60. The highest BCUT2D eigenvalue weighted by Crippen LogP contribution is 2.30. The Bertz CT molecular complexity index is 486. The predicted molar refractivity (Wildman–Crippen MR) is 59.6 cm³/mol. The van der Waals surface area contributed by atoms with Crippen LogP contribution in [0.15, 0.2) is 35.9 Å². The number of nitro benzene ring substituents is 1. The smallest absolute Gasteiger partial charge is 0.258 e. The summed E-state index contributed by atoms with van der Waals surface area (Å²) in [5, 5.41) is 10.6. The molecule has 0 aliphatic heterocycles. The fraction of sp³-hybridized carbons (Fsp3) is 0.167. The highest BCUT2D eigenvalue weighted by atomic mass is 16.6. The van der Waals surface area contributed by atoms with Crippen LogP contribution in [0.2, 0.25) is 0 Å². The van der Waals surface area contributed by atoms with Gasteiger partial charge in [-0.05, 0) is 36.1 Å². The number of hydrogen-bond acceptors (Lipinski definition) is 2. The lowest BCUT2D eigenvalue weighted by Gasteiger charge is -1.99. The van der Waals surface area contributed by atoms with Crippen LogP contribution in [-0.2, 0) is 6.42 Å². The lowest BCUT2D eigenvalue weighted by atomic mass is 10.1. The predicted octanol–water partition coefficient (Wildman–Crippen LogP) is 3.11. The molecule has 0 radical (unpaired) electrons. The largest absolute Gasteiger partial charge is 0.269 e. The second-order valence-electron chi connectivity index (χ2n) is 3.77. The summed E-state index contributed by atoms with van der Waals surface area (Å²) in [5.74, 6) is 0. The lowest BCUT2D eigenvalue weighted by molar-refractivity contribution is -0.384. The van der Waals surface area contributed by atoms with Crippen molar-refractivity contribution < 1.29 is 4.92 Å². The molecule has 1 aliphatic rings. The summed E-state index contributed by atoms with van der Waals surface area (Å²) in [6.07, 6.45) is 2.80. The van der Waals surface area contributed by atoms with Crippen molar-refractivity contribution in [2.75, 3.05) is 0 Å². The normalized spacial score (nSPS) is 13.3. The van der Waals surface area contributed by atoms with Crippen molar-refractivity contribution in [3.8, 4) is 0 Å². The molecule has 0 atom stereocenters. The third kappa shape index (κ3) is 1.68. The molecule has 1 aromatic rings. The average molecular weight is 201 g/mol. The minimum absolute atomic E-state index is 0.158. The maximum Gasteiger partial charge on any atom is 0.269 e. The van der Waals surface area contributed by atoms with E-state index < -0.39 is 0 Å². The van der Waals surface area contributed by atoms with Crippen LogP contribution in [0, 0.1) is 10.1 Å². The van der Waals surface area contributed by atoms with Crippen molar-refractivity contribution in [1.29, 1.82) is 0 Å². The van der Waals surface area contributed by atoms with Gasteiger partial charge in [-0.25, -0.2) is 0 Å². The summed E-state index contributed by atoms with van der Waals surface area (Å²) < 4.78 is 0. The number of nitrogens with zero attached hydrogens (tertiary/aromatic N) is 1. The average Bonchev–Trinajstić information content (AvgIpc) is 2.59. The van der Waals surface area contributed by atoms with E-state index in [0.29, 0.717) is 0 Å². The van der Waals surface area contributed by atoms with Gasteiger partial charge < -0.3 is 0 Å². The lowest BCUT2D eigenvalue weighted by Crippen LogP contribution is -1.91. The van der Waals surface area contributed by atoms with Crippen molar-refractivity contribution in [2.45, 2.75) is 13.3 Å². The number of rotatable bonds is 2. The van der Waals surface area contributed by atoms with Gasteiger partial charge in [0.15, 0.2) is 0 Å². The van der Waals surface area contributed by atoms with E-state index in [2.05, 4.69) is 6.58 Å². The van der Waals surface area contributed by atoms with Crippen molar-refractivity contribution >= 4 is 11.8 Å². The summed E-state index contributed by atoms with van der Waals surface area (Å²) >= 11 is 0. The first-order valence-corrected chi connectivity index (χ1v) is 4.71. The molecule has 3 nitrogen and oxygen atoms in total. The highest BCUT2D eigenvalue weighted by molar-refractivity contribution is 5.69. The van der Waals surface area contributed by atoms with Crippen molar-refractivity contribution in [2.24, 2.45) is 0 Å². The highest BCUT2D eigenvalue weighted by Gasteiger charge is 2.16. The minimum atomic E-state index is -0.362. The Balaban J connectivity index is 2.38. The van der Waals surface area contributed by atoms with Crippen LogP contribution in [-0.4, -0.2) is 4.92 Å². The summed E-state index contributed by atoms with van der Waals surface area (Å²) in [4.78, 5) is 10.2. The number of hydrogen-bond donors (Lipinski definition) is 0. The van der Waals surface area contributed by atoms with Gasteiger partial charge in [0.05, 0.1) is 4.92 Å². The van der Waals surface area contributed by atoms with E-state index in [1.807, 2.05) is 13.0 Å². The molecule has 0 heterocycles. The molecule has 0 amide bonds. The second kappa shape index (κ2) is 3.35. The molecule has 0 saturated carbocycles. The number of fused-ring (bicyclic) bond motifs is 1. The molecule has 0 aromatic heterocycles. The van der Waals surface area contributed by atoms with Gasteiger partial charge in [0.2, 0.25) is 0 Å². The Labute approximate surface area is 87.9 Å². The zero-order valence-corrected chi connectivity index (χ0v) is 8.49. The monoisotopic (exact) mass is 201 g/mol. The van der Waals surface area contributed by atoms with Gasteiger partial charge in [0.25, 0.3) is 5.69 Å². The number of benzene rings is 1. The number of nitro groups is 1. The molecule has 0 spiro atoms. The summed E-state index contributed by atoms with van der Waals surface area (Å²) in [5.41, 5.74) is 4.42. The SMILES string of the molecule is C=C(C)C1=Cc2ccc([N+](=O)[O-])cc2C1. The molecule has 0 fully saturated rings. The van der Waals surface area contributed by atoms with E-state index in [0.717, 1.165) is 28.7 Å². The Morgan fingerprint density at radius 2 is 2.27 bits per heavy atom. The van der Waals surface area contributed by atoms with E-state index in [4.69, 9.17) is 0 Å². The molecule has 15 heavy (non-hydrogen) atoms. The molecule has 0 N–H and O–H groups in total. The van der Waals surface area contributed by atoms with Crippen LogP contribution in [0.4, 0.5) is 5.69 Å². The third-order valence-corrected chi connectivity index (χ3v) is 2.60. The first-order valence-electron chi connectivity index (χ1n) is 4.71. The maximum atomic E-state index is 10.6. The molecular formula is C12H11NO2. The van der Waals surface area contributed by atoms with Crippen molar-refractivity contribution in [3.63, 3.8) is 0 Å². The molecule has 2 rings (SSSR count). The van der Waals surface area contributed by atoms with Crippen LogP contribution >= 0.6 is 0 Å². The van der Waals surface area contributed by atoms with E-state index in [9.17, 15) is 10.1 Å². The van der Waals surface area contributed by atoms with E-state index >= 15 is 0 Å². The molecule has 76 valence electrons. The van der Waals surface area contributed by atoms with E-state index in [1.54, 1.807) is 12.1 Å². The van der Waals surface area contributed by atoms with Crippen LogP contribution in [0.5, 0.6) is 0 Å². The van der Waals surface area contributed by atoms with Crippen LogP contribution < -0.4 is 0 Å². The maximum absolute atomic E-state index is 10.6. The first-order chi connectivity index (χ1) is 7.08. The molecule has 1 aromatic carbocycles. The number of allylic oxidation sites excluding steroid dienone is 2. The molecule has 1 aliphatic carbocycles. The van der Waals surface area contributed by atoms with Crippen molar-refractivity contribution in [1.82, 2.24) is 0 Å². The van der Waals surface area contributed by atoms with E-state index in [-0.39, 0.29) is 10.6 Å². The molecule has 0 bridgehead atoms. The van der Waals surface area contributed by atoms with Gasteiger partial charge in [-0.1, -0.05) is 18.2 Å². The Kier molecular flexibility index (Phi) is 2.15. The Morgan fingerprint density at radius 1 is 1.53 bits per heavy atom. The van der Waals surface area contributed by atoms with Crippen LogP contribution in [0.25, 0.3) is 6.08 Å². The quantitative estimate of drug-likeness (QED) is 0.545. The summed E-state index contributed by atoms with van der Waals surface area (Å²) in [7, 11) is 0. The molecule has 3 heteroatoms. The summed E-state index contributed by atoms with van der Waals surface area (Å²) in [6.45, 7) is 5.83. The van der Waals surface area contributed by atoms with Gasteiger partial charge in [-0.2, -0.15) is 0 Å². The van der Waals surface area contributed by atoms with Gasteiger partial charge in [0, 0.05) is 12.1 Å². The fourth-order valence-electron chi connectivity index (χ4n) is 1.72. The van der Waals surface area contributed by atoms with Gasteiger partial charge in [-0.3, -0.25) is 10.1 Å². The first kappa shape index (κ1) is 9.65. The van der Waals surface area contributed by atoms with Crippen molar-refractivity contribution in [3.05, 3.63) is 57.2 Å². The Morgan fingerprint density at radius 3 is 2.87 bits per heavy atom. The van der Waals surface area contributed by atoms with E-state index in [1.165, 1.54) is 6.07 Å². The van der Waals surface area contributed by atoms with Gasteiger partial charge in [0.1, 0.15) is 0 Å². The van der Waals surface area contributed by atoms with Gasteiger partial charge >= 0.3 is 0 Å². The van der Waals surface area contributed by atoms with Crippen LogP contribution in [0.3, 0.4) is 0 Å². The molecule has 0 saturated heterocycles. The molecular weight excluding hydrogens is 190 g/mol. The Hall–Kier alpha value is -1.90. The summed E-state index contributed by atoms with van der Waals surface area (Å²) in [6, 6.07) is 4.97. The topological polar surface area (TPSA) is 43.1 Å². The second-order valence-corrected chi connectivity index (χ2v) is 3.77. The standard InChI is InChI=1S/C12H11NO2/c1-8(2)10-5-9-3-4-12(13(14)15)7-11(9)6-10/h3-5,7H,1,6H2,2H3. The fourth-order valence-corrected chi connectivity index (χ4v) is 1.72. The zero-order valence-electron chi connectivity index (χ0n) is 8.49.